The SMILES string of the molecule is COc1c(F)cc(F)c(F)c1C(C)(C)CO. The highest BCUT2D eigenvalue weighted by Crippen LogP contribution is 2.36. The fraction of sp³-hybridized carbons (Fsp3) is 0.455. The van der Waals surface area contributed by atoms with Crippen LogP contribution in [0.15, 0.2) is 6.07 Å². The Morgan fingerprint density at radius 2 is 1.81 bits per heavy atom. The number of aliphatic hydroxyl groups excluding tert-OH is 1. The maximum atomic E-state index is 13.6. The Bertz CT molecular complexity index is 403. The van der Waals surface area contributed by atoms with E-state index in [-0.39, 0.29) is 11.3 Å². The van der Waals surface area contributed by atoms with Crippen LogP contribution < -0.4 is 4.74 Å². The summed E-state index contributed by atoms with van der Waals surface area (Å²) >= 11 is 0. The third kappa shape index (κ3) is 2.00. The van der Waals surface area contributed by atoms with E-state index in [4.69, 9.17) is 9.84 Å². The molecule has 0 aliphatic rings. The summed E-state index contributed by atoms with van der Waals surface area (Å²) in [5.74, 6) is -3.86. The zero-order chi connectivity index (χ0) is 12.5. The van der Waals surface area contributed by atoms with Gasteiger partial charge in [-0.05, 0) is 0 Å². The number of ether oxygens (including phenoxy) is 1. The zero-order valence-electron chi connectivity index (χ0n) is 9.27. The standard InChI is InChI=1S/C11H13F3O2/c1-11(2,5-15)8-9(14)6(12)4-7(13)10(8)16-3/h4,15H,5H2,1-3H3. The Morgan fingerprint density at radius 3 is 2.25 bits per heavy atom. The lowest BCUT2D eigenvalue weighted by atomic mass is 9.84. The van der Waals surface area contributed by atoms with Gasteiger partial charge in [0.2, 0.25) is 0 Å². The molecule has 0 bridgehead atoms. The summed E-state index contributed by atoms with van der Waals surface area (Å²) in [6, 6.07) is 0.422. The summed E-state index contributed by atoms with van der Waals surface area (Å²) in [6.07, 6.45) is 0. The first-order valence-corrected chi connectivity index (χ1v) is 4.68. The van der Waals surface area contributed by atoms with Gasteiger partial charge in [-0.3, -0.25) is 0 Å². The monoisotopic (exact) mass is 234 g/mol. The number of hydrogen-bond donors (Lipinski definition) is 1. The topological polar surface area (TPSA) is 29.5 Å². The van der Waals surface area contributed by atoms with E-state index in [9.17, 15) is 13.2 Å². The van der Waals surface area contributed by atoms with Crippen molar-refractivity contribution in [2.75, 3.05) is 13.7 Å². The Kier molecular flexibility index (Phi) is 3.48. The predicted molar refractivity (Wildman–Crippen MR) is 53.0 cm³/mol. The second-order valence-electron chi connectivity index (χ2n) is 4.10. The van der Waals surface area contributed by atoms with Gasteiger partial charge < -0.3 is 9.84 Å². The molecule has 0 aliphatic heterocycles. The number of rotatable bonds is 3. The molecule has 5 heteroatoms. The number of hydrogen-bond acceptors (Lipinski definition) is 2. The number of halogens is 3. The molecule has 0 spiro atoms. The van der Waals surface area contributed by atoms with Crippen molar-refractivity contribution in [1.29, 1.82) is 0 Å². The summed E-state index contributed by atoms with van der Waals surface area (Å²) in [6.45, 7) is 2.48. The molecule has 0 heterocycles. The quantitative estimate of drug-likeness (QED) is 0.814. The van der Waals surface area contributed by atoms with Crippen LogP contribution in [0, 0.1) is 17.5 Å². The summed E-state index contributed by atoms with van der Waals surface area (Å²) in [5.41, 5.74) is -1.42. The lowest BCUT2D eigenvalue weighted by Gasteiger charge is -2.25. The first-order chi connectivity index (χ1) is 7.35. The maximum Gasteiger partial charge on any atom is 0.168 e. The van der Waals surface area contributed by atoms with Crippen molar-refractivity contribution in [2.45, 2.75) is 19.3 Å². The van der Waals surface area contributed by atoms with Crippen LogP contribution in [0.5, 0.6) is 5.75 Å². The van der Waals surface area contributed by atoms with Crippen LogP contribution in [0.3, 0.4) is 0 Å². The van der Waals surface area contributed by atoms with E-state index in [1.54, 1.807) is 0 Å². The highest BCUT2D eigenvalue weighted by atomic mass is 19.2. The minimum absolute atomic E-state index is 0.296. The Labute approximate surface area is 91.7 Å². The average molecular weight is 234 g/mol. The van der Waals surface area contributed by atoms with Crippen LogP contribution in [-0.2, 0) is 5.41 Å². The van der Waals surface area contributed by atoms with Gasteiger partial charge in [-0.25, -0.2) is 13.2 Å². The van der Waals surface area contributed by atoms with E-state index in [1.165, 1.54) is 13.8 Å². The summed E-state index contributed by atoms with van der Waals surface area (Å²) in [4.78, 5) is 0. The van der Waals surface area contributed by atoms with Crippen molar-refractivity contribution >= 4 is 0 Å². The molecule has 2 nitrogen and oxygen atoms in total. The van der Waals surface area contributed by atoms with Crippen molar-refractivity contribution in [3.63, 3.8) is 0 Å². The molecule has 16 heavy (non-hydrogen) atoms. The summed E-state index contributed by atoms with van der Waals surface area (Å²) in [7, 11) is 1.16. The van der Waals surface area contributed by atoms with Crippen LogP contribution in [0.4, 0.5) is 13.2 Å². The third-order valence-corrected chi connectivity index (χ3v) is 2.40. The van der Waals surface area contributed by atoms with Crippen molar-refractivity contribution in [3.8, 4) is 5.75 Å². The van der Waals surface area contributed by atoms with E-state index in [0.717, 1.165) is 7.11 Å². The average Bonchev–Trinajstić information content (AvgIpc) is 2.22. The molecule has 0 aromatic heterocycles. The zero-order valence-corrected chi connectivity index (χ0v) is 9.27. The molecule has 1 aromatic rings. The van der Waals surface area contributed by atoms with Crippen LogP contribution in [0.1, 0.15) is 19.4 Å². The Balaban J connectivity index is 3.57. The Hall–Kier alpha value is -1.23. The molecule has 0 atom stereocenters. The molecule has 90 valence electrons. The van der Waals surface area contributed by atoms with E-state index in [1.807, 2.05) is 0 Å². The van der Waals surface area contributed by atoms with Crippen molar-refractivity contribution in [2.24, 2.45) is 0 Å². The van der Waals surface area contributed by atoms with Crippen molar-refractivity contribution < 1.29 is 23.0 Å². The summed E-state index contributed by atoms with van der Waals surface area (Å²) < 4.78 is 44.7. The van der Waals surface area contributed by atoms with Crippen LogP contribution in [0.2, 0.25) is 0 Å². The van der Waals surface area contributed by atoms with Gasteiger partial charge in [0.25, 0.3) is 0 Å². The highest BCUT2D eigenvalue weighted by Gasteiger charge is 2.31. The van der Waals surface area contributed by atoms with Gasteiger partial charge >= 0.3 is 0 Å². The first kappa shape index (κ1) is 12.8. The normalized spacial score (nSPS) is 11.7. The second kappa shape index (κ2) is 4.33. The molecule has 0 saturated heterocycles. The predicted octanol–water partition coefficient (Wildman–Crippen LogP) is 2.38. The molecule has 0 fully saturated rings. The first-order valence-electron chi connectivity index (χ1n) is 4.68. The molecular weight excluding hydrogens is 221 g/mol. The van der Waals surface area contributed by atoms with Crippen LogP contribution in [-0.4, -0.2) is 18.8 Å². The minimum atomic E-state index is -1.30. The molecule has 0 amide bonds. The van der Waals surface area contributed by atoms with Gasteiger partial charge in [0, 0.05) is 17.0 Å². The lowest BCUT2D eigenvalue weighted by molar-refractivity contribution is 0.208. The minimum Gasteiger partial charge on any atom is -0.493 e. The number of aliphatic hydroxyl groups is 1. The van der Waals surface area contributed by atoms with Gasteiger partial charge in [-0.2, -0.15) is 0 Å². The number of benzene rings is 1. The van der Waals surface area contributed by atoms with Gasteiger partial charge in [0.1, 0.15) is 0 Å². The van der Waals surface area contributed by atoms with Gasteiger partial charge in [-0.15, -0.1) is 0 Å². The van der Waals surface area contributed by atoms with Crippen molar-refractivity contribution in [3.05, 3.63) is 29.1 Å². The molecule has 1 aromatic carbocycles. The van der Waals surface area contributed by atoms with E-state index >= 15 is 0 Å². The van der Waals surface area contributed by atoms with Gasteiger partial charge in [0.15, 0.2) is 23.2 Å². The lowest BCUT2D eigenvalue weighted by Crippen LogP contribution is -2.25. The van der Waals surface area contributed by atoms with Gasteiger partial charge in [-0.1, -0.05) is 13.8 Å². The summed E-state index contributed by atoms with van der Waals surface area (Å²) in [5, 5.41) is 9.11. The highest BCUT2D eigenvalue weighted by molar-refractivity contribution is 5.42. The molecule has 0 unspecified atom stereocenters. The fourth-order valence-electron chi connectivity index (χ4n) is 1.46. The molecular formula is C11H13F3O2. The maximum absolute atomic E-state index is 13.6. The molecule has 1 N–H and O–H groups in total. The van der Waals surface area contributed by atoms with Crippen LogP contribution >= 0.6 is 0 Å². The van der Waals surface area contributed by atoms with Crippen molar-refractivity contribution in [1.82, 2.24) is 0 Å². The molecule has 1 rings (SSSR count). The fourth-order valence-corrected chi connectivity index (χ4v) is 1.46. The van der Waals surface area contributed by atoms with Gasteiger partial charge in [0.05, 0.1) is 13.7 Å². The van der Waals surface area contributed by atoms with E-state index < -0.39 is 29.5 Å². The molecule has 0 radical (unpaired) electrons. The largest absolute Gasteiger partial charge is 0.493 e. The smallest absolute Gasteiger partial charge is 0.168 e. The Morgan fingerprint density at radius 1 is 1.25 bits per heavy atom. The molecule has 0 aliphatic carbocycles. The van der Waals surface area contributed by atoms with E-state index in [2.05, 4.69) is 0 Å². The second-order valence-corrected chi connectivity index (χ2v) is 4.10. The van der Waals surface area contributed by atoms with E-state index in [0.29, 0.717) is 6.07 Å². The number of methoxy groups -OCH3 is 1. The molecule has 0 saturated carbocycles. The van der Waals surface area contributed by atoms with Crippen LogP contribution in [0.25, 0.3) is 0 Å². The third-order valence-electron chi connectivity index (χ3n) is 2.40.